The zero-order chi connectivity index (χ0) is 14.9. The molecule has 0 aliphatic carbocycles. The van der Waals surface area contributed by atoms with Gasteiger partial charge in [-0.2, -0.15) is 0 Å². The summed E-state index contributed by atoms with van der Waals surface area (Å²) in [5.74, 6) is -0.168. The molecule has 2 aromatic carbocycles. The number of carbonyl (C=O) groups is 1. The lowest BCUT2D eigenvalue weighted by atomic mass is 10.1. The van der Waals surface area contributed by atoms with Gasteiger partial charge in [0.15, 0.2) is 0 Å². The number of benzene rings is 2. The molecule has 2 rings (SSSR count). The summed E-state index contributed by atoms with van der Waals surface area (Å²) in [7, 11) is 0. The molecule has 0 aliphatic rings. The summed E-state index contributed by atoms with van der Waals surface area (Å²) in [6.45, 7) is 3.89. The predicted octanol–water partition coefficient (Wildman–Crippen LogP) is 4.66. The molecule has 0 saturated heterocycles. The molecular formula is C15H14Br2N2O. The van der Waals surface area contributed by atoms with Gasteiger partial charge in [0.1, 0.15) is 0 Å². The highest BCUT2D eigenvalue weighted by molar-refractivity contribution is 9.11. The van der Waals surface area contributed by atoms with Crippen LogP contribution in [-0.2, 0) is 0 Å². The number of carbonyl (C=O) groups excluding carboxylic acids is 1. The Morgan fingerprint density at radius 2 is 1.60 bits per heavy atom. The van der Waals surface area contributed by atoms with Crippen molar-refractivity contribution in [3.05, 3.63) is 56.0 Å². The molecule has 0 radical (unpaired) electrons. The second kappa shape index (κ2) is 5.97. The fourth-order valence-corrected chi connectivity index (χ4v) is 3.18. The van der Waals surface area contributed by atoms with Gasteiger partial charge in [-0.1, -0.05) is 37.9 Å². The number of rotatable bonds is 2. The maximum absolute atomic E-state index is 12.3. The third kappa shape index (κ3) is 3.41. The van der Waals surface area contributed by atoms with E-state index >= 15 is 0 Å². The Hall–Kier alpha value is -1.33. The van der Waals surface area contributed by atoms with Gasteiger partial charge in [0.25, 0.3) is 5.91 Å². The van der Waals surface area contributed by atoms with E-state index in [0.29, 0.717) is 11.3 Å². The molecule has 0 heterocycles. The Morgan fingerprint density at radius 1 is 1.00 bits per heavy atom. The molecule has 5 heteroatoms. The smallest absolute Gasteiger partial charge is 0.255 e. The van der Waals surface area contributed by atoms with Gasteiger partial charge < -0.3 is 11.1 Å². The number of hydrogen-bond donors (Lipinski definition) is 2. The van der Waals surface area contributed by atoms with E-state index in [1.54, 1.807) is 18.2 Å². The Balaban J connectivity index is 2.30. The van der Waals surface area contributed by atoms with E-state index in [9.17, 15) is 4.79 Å². The summed E-state index contributed by atoms with van der Waals surface area (Å²) in [6, 6.07) is 9.17. The quantitative estimate of drug-likeness (QED) is 0.723. The van der Waals surface area contributed by atoms with Crippen LogP contribution in [-0.4, -0.2) is 5.91 Å². The van der Waals surface area contributed by atoms with Crippen molar-refractivity contribution in [1.29, 1.82) is 0 Å². The first-order chi connectivity index (χ1) is 9.36. The maximum Gasteiger partial charge on any atom is 0.255 e. The van der Waals surface area contributed by atoms with Crippen LogP contribution in [0.25, 0.3) is 0 Å². The molecule has 0 saturated carbocycles. The summed E-state index contributed by atoms with van der Waals surface area (Å²) < 4.78 is 1.69. The fraction of sp³-hybridized carbons (Fsp3) is 0.133. The van der Waals surface area contributed by atoms with E-state index in [2.05, 4.69) is 37.2 Å². The molecule has 104 valence electrons. The monoisotopic (exact) mass is 396 g/mol. The number of nitrogens with one attached hydrogen (secondary N) is 1. The average molecular weight is 398 g/mol. The van der Waals surface area contributed by atoms with Crippen LogP contribution in [0.15, 0.2) is 39.3 Å². The zero-order valence-corrected chi connectivity index (χ0v) is 14.3. The lowest BCUT2D eigenvalue weighted by molar-refractivity contribution is 0.102. The molecular weight excluding hydrogens is 384 g/mol. The van der Waals surface area contributed by atoms with Gasteiger partial charge in [-0.25, -0.2) is 0 Å². The van der Waals surface area contributed by atoms with Crippen molar-refractivity contribution in [2.45, 2.75) is 13.8 Å². The van der Waals surface area contributed by atoms with E-state index in [-0.39, 0.29) is 5.91 Å². The Kier molecular flexibility index (Phi) is 4.50. The number of aryl methyl sites for hydroxylation is 2. The van der Waals surface area contributed by atoms with E-state index in [0.717, 1.165) is 25.8 Å². The van der Waals surface area contributed by atoms with Crippen LogP contribution >= 0.6 is 31.9 Å². The maximum atomic E-state index is 12.3. The molecule has 0 aromatic heterocycles. The Morgan fingerprint density at radius 3 is 2.20 bits per heavy atom. The molecule has 3 N–H and O–H groups in total. The summed E-state index contributed by atoms with van der Waals surface area (Å²) in [5.41, 5.74) is 9.85. The van der Waals surface area contributed by atoms with Crippen LogP contribution in [0.2, 0.25) is 0 Å². The van der Waals surface area contributed by atoms with E-state index in [1.807, 2.05) is 26.0 Å². The Bertz CT molecular complexity index is 664. The van der Waals surface area contributed by atoms with E-state index in [1.165, 1.54) is 0 Å². The van der Waals surface area contributed by atoms with Crippen LogP contribution in [0.4, 0.5) is 11.4 Å². The SMILES string of the molecule is Cc1cc(C)c(NC(=O)c2cc(Br)cc(Br)c2)cc1N. The largest absolute Gasteiger partial charge is 0.398 e. The highest BCUT2D eigenvalue weighted by atomic mass is 79.9. The second-order valence-electron chi connectivity index (χ2n) is 4.64. The van der Waals surface area contributed by atoms with Crippen LogP contribution < -0.4 is 11.1 Å². The standard InChI is InChI=1S/C15H14Br2N2O/c1-8-3-9(2)14(7-13(8)18)19-15(20)10-4-11(16)6-12(17)5-10/h3-7H,18H2,1-2H3,(H,19,20). The van der Waals surface area contributed by atoms with Gasteiger partial charge >= 0.3 is 0 Å². The van der Waals surface area contributed by atoms with Crippen molar-refractivity contribution in [1.82, 2.24) is 0 Å². The lowest BCUT2D eigenvalue weighted by Crippen LogP contribution is -2.13. The van der Waals surface area contributed by atoms with Crippen molar-refractivity contribution < 1.29 is 4.79 Å². The molecule has 0 unspecified atom stereocenters. The Labute approximate surface area is 134 Å². The van der Waals surface area contributed by atoms with Crippen LogP contribution in [0.3, 0.4) is 0 Å². The number of halogens is 2. The highest BCUT2D eigenvalue weighted by Gasteiger charge is 2.10. The fourth-order valence-electron chi connectivity index (χ4n) is 1.88. The van der Waals surface area contributed by atoms with Gasteiger partial charge in [-0.05, 0) is 49.2 Å². The molecule has 3 nitrogen and oxygen atoms in total. The van der Waals surface area contributed by atoms with Crippen molar-refractivity contribution in [2.24, 2.45) is 0 Å². The van der Waals surface area contributed by atoms with E-state index in [4.69, 9.17) is 5.73 Å². The van der Waals surface area contributed by atoms with Gasteiger partial charge in [-0.15, -0.1) is 0 Å². The molecule has 1 amide bonds. The van der Waals surface area contributed by atoms with Crippen molar-refractivity contribution in [3.8, 4) is 0 Å². The molecule has 2 aromatic rings. The summed E-state index contributed by atoms with van der Waals surface area (Å²) in [6.07, 6.45) is 0. The topological polar surface area (TPSA) is 55.1 Å². The normalized spacial score (nSPS) is 10.4. The molecule has 0 fully saturated rings. The first kappa shape index (κ1) is 15.1. The van der Waals surface area contributed by atoms with Gasteiger partial charge in [0, 0.05) is 25.9 Å². The third-order valence-corrected chi connectivity index (χ3v) is 3.90. The van der Waals surface area contributed by atoms with Gasteiger partial charge in [0.05, 0.1) is 0 Å². The molecule has 20 heavy (non-hydrogen) atoms. The van der Waals surface area contributed by atoms with Crippen molar-refractivity contribution in [3.63, 3.8) is 0 Å². The van der Waals surface area contributed by atoms with Gasteiger partial charge in [-0.3, -0.25) is 4.79 Å². The average Bonchev–Trinajstić information content (AvgIpc) is 2.34. The lowest BCUT2D eigenvalue weighted by Gasteiger charge is -2.11. The first-order valence-corrected chi connectivity index (χ1v) is 7.59. The second-order valence-corrected chi connectivity index (χ2v) is 6.47. The number of anilines is 2. The van der Waals surface area contributed by atoms with Crippen LogP contribution in [0.5, 0.6) is 0 Å². The predicted molar refractivity (Wildman–Crippen MR) is 90.1 cm³/mol. The number of nitrogens with two attached hydrogens (primary N) is 1. The molecule has 0 aliphatic heterocycles. The molecule has 0 atom stereocenters. The first-order valence-electron chi connectivity index (χ1n) is 6.01. The highest BCUT2D eigenvalue weighted by Crippen LogP contribution is 2.24. The third-order valence-electron chi connectivity index (χ3n) is 2.99. The van der Waals surface area contributed by atoms with Gasteiger partial charge in [0.2, 0.25) is 0 Å². The van der Waals surface area contributed by atoms with Crippen LogP contribution in [0.1, 0.15) is 21.5 Å². The molecule has 0 bridgehead atoms. The molecule has 0 spiro atoms. The number of nitrogen functional groups attached to an aromatic ring is 1. The summed E-state index contributed by atoms with van der Waals surface area (Å²) >= 11 is 6.74. The minimum atomic E-state index is -0.168. The van der Waals surface area contributed by atoms with Crippen molar-refractivity contribution >= 4 is 49.1 Å². The minimum absolute atomic E-state index is 0.168. The zero-order valence-electron chi connectivity index (χ0n) is 11.1. The number of amides is 1. The summed E-state index contributed by atoms with van der Waals surface area (Å²) in [5, 5.41) is 2.89. The number of hydrogen-bond acceptors (Lipinski definition) is 2. The minimum Gasteiger partial charge on any atom is -0.398 e. The van der Waals surface area contributed by atoms with Crippen molar-refractivity contribution in [2.75, 3.05) is 11.1 Å². The summed E-state index contributed by atoms with van der Waals surface area (Å²) in [4.78, 5) is 12.3. The van der Waals surface area contributed by atoms with E-state index < -0.39 is 0 Å². The van der Waals surface area contributed by atoms with Crippen LogP contribution in [0, 0.1) is 13.8 Å².